The Morgan fingerprint density at radius 1 is 0.939 bits per heavy atom. The van der Waals surface area contributed by atoms with Crippen LogP contribution in [-0.4, -0.2) is 23.9 Å². The molecule has 0 bridgehead atoms. The highest BCUT2D eigenvalue weighted by molar-refractivity contribution is 6.52. The standard InChI is InChI=1S/C25H18Cl3NO4/c1-13-5-3-4-6-16(13)22-21(23(30)14-7-9-17(26)18(27)11-14)24(31)25(32)29(22)15-8-10-20(33-2)19(28)12-15/h3-12,22,30H,1-2H3/b23-21+. The number of halogens is 3. The van der Waals surface area contributed by atoms with Gasteiger partial charge in [0.1, 0.15) is 11.5 Å². The van der Waals surface area contributed by atoms with Crippen molar-refractivity contribution < 1.29 is 19.4 Å². The first kappa shape index (κ1) is 23.2. The zero-order valence-corrected chi connectivity index (χ0v) is 19.9. The maximum atomic E-state index is 13.2. The van der Waals surface area contributed by atoms with E-state index < -0.39 is 17.7 Å². The fraction of sp³-hybridized carbons (Fsp3) is 0.120. The second kappa shape index (κ2) is 9.10. The molecule has 1 aliphatic rings. The number of nitrogens with zero attached hydrogens (tertiary/aromatic N) is 1. The zero-order chi connectivity index (χ0) is 23.9. The fourth-order valence-corrected chi connectivity index (χ4v) is 4.44. The molecule has 4 rings (SSSR count). The highest BCUT2D eigenvalue weighted by Gasteiger charge is 2.47. The molecule has 1 amide bonds. The largest absolute Gasteiger partial charge is 0.507 e. The Bertz CT molecular complexity index is 1320. The lowest BCUT2D eigenvalue weighted by Gasteiger charge is -2.27. The predicted octanol–water partition coefficient (Wildman–Crippen LogP) is 6.59. The van der Waals surface area contributed by atoms with Crippen molar-refractivity contribution in [2.45, 2.75) is 13.0 Å². The summed E-state index contributed by atoms with van der Waals surface area (Å²) in [7, 11) is 1.48. The lowest BCUT2D eigenvalue weighted by atomic mass is 9.92. The molecular formula is C25H18Cl3NO4. The maximum Gasteiger partial charge on any atom is 0.300 e. The van der Waals surface area contributed by atoms with E-state index >= 15 is 0 Å². The number of aliphatic hydroxyl groups is 1. The van der Waals surface area contributed by atoms with Crippen LogP contribution in [0.1, 0.15) is 22.7 Å². The van der Waals surface area contributed by atoms with E-state index in [-0.39, 0.29) is 26.9 Å². The smallest absolute Gasteiger partial charge is 0.300 e. The van der Waals surface area contributed by atoms with Crippen LogP contribution in [0.15, 0.2) is 66.2 Å². The summed E-state index contributed by atoms with van der Waals surface area (Å²) < 4.78 is 5.20. The van der Waals surface area contributed by atoms with Crippen LogP contribution in [-0.2, 0) is 9.59 Å². The van der Waals surface area contributed by atoms with Crippen molar-refractivity contribution >= 4 is 57.9 Å². The Morgan fingerprint density at radius 3 is 2.30 bits per heavy atom. The van der Waals surface area contributed by atoms with Gasteiger partial charge in [0.15, 0.2) is 0 Å². The van der Waals surface area contributed by atoms with Gasteiger partial charge < -0.3 is 9.84 Å². The SMILES string of the molecule is COc1ccc(N2C(=O)C(=O)/C(=C(/O)c3ccc(Cl)c(Cl)c3)C2c2ccccc2C)cc1Cl. The van der Waals surface area contributed by atoms with Gasteiger partial charge in [0.25, 0.3) is 11.7 Å². The Morgan fingerprint density at radius 2 is 1.67 bits per heavy atom. The van der Waals surface area contributed by atoms with Crippen LogP contribution in [0.25, 0.3) is 5.76 Å². The molecule has 1 atom stereocenters. The number of aryl methyl sites for hydroxylation is 1. The quantitative estimate of drug-likeness (QED) is 0.248. The molecule has 168 valence electrons. The molecule has 0 spiro atoms. The molecular weight excluding hydrogens is 485 g/mol. The van der Waals surface area contributed by atoms with Crippen LogP contribution < -0.4 is 9.64 Å². The van der Waals surface area contributed by atoms with Crippen molar-refractivity contribution in [3.8, 4) is 5.75 Å². The first-order valence-corrected chi connectivity index (χ1v) is 11.0. The van der Waals surface area contributed by atoms with E-state index in [9.17, 15) is 14.7 Å². The average molecular weight is 503 g/mol. The Hall–Kier alpha value is -2.99. The third-order valence-electron chi connectivity index (χ3n) is 5.53. The number of carbonyl (C=O) groups excluding carboxylic acids is 2. The van der Waals surface area contributed by atoms with E-state index in [0.29, 0.717) is 22.0 Å². The minimum absolute atomic E-state index is 0.0559. The molecule has 1 fully saturated rings. The molecule has 0 aliphatic carbocycles. The van der Waals surface area contributed by atoms with Gasteiger partial charge in [-0.05, 0) is 54.4 Å². The number of rotatable bonds is 4. The molecule has 0 radical (unpaired) electrons. The first-order valence-electron chi connectivity index (χ1n) is 9.90. The average Bonchev–Trinajstić information content (AvgIpc) is 3.05. The summed E-state index contributed by atoms with van der Waals surface area (Å²) in [6.07, 6.45) is 0. The van der Waals surface area contributed by atoms with Crippen molar-refractivity contribution in [3.63, 3.8) is 0 Å². The van der Waals surface area contributed by atoms with Gasteiger partial charge in [-0.1, -0.05) is 59.1 Å². The zero-order valence-electron chi connectivity index (χ0n) is 17.6. The second-order valence-electron chi connectivity index (χ2n) is 7.47. The van der Waals surface area contributed by atoms with E-state index in [4.69, 9.17) is 39.5 Å². The lowest BCUT2D eigenvalue weighted by Crippen LogP contribution is -2.29. The molecule has 3 aromatic rings. The lowest BCUT2D eigenvalue weighted by molar-refractivity contribution is -0.132. The van der Waals surface area contributed by atoms with Gasteiger partial charge in [0, 0.05) is 11.3 Å². The number of carbonyl (C=O) groups is 2. The normalized spacial score (nSPS) is 17.5. The van der Waals surface area contributed by atoms with Crippen molar-refractivity contribution in [2.24, 2.45) is 0 Å². The Kier molecular flexibility index (Phi) is 6.39. The number of Topliss-reactive ketones (excluding diaryl/α,β-unsaturated/α-hetero) is 1. The summed E-state index contributed by atoms with van der Waals surface area (Å²) in [4.78, 5) is 27.8. The van der Waals surface area contributed by atoms with E-state index in [2.05, 4.69) is 0 Å². The van der Waals surface area contributed by atoms with Gasteiger partial charge in [-0.2, -0.15) is 0 Å². The monoisotopic (exact) mass is 501 g/mol. The number of anilines is 1. The van der Waals surface area contributed by atoms with E-state index in [1.54, 1.807) is 18.2 Å². The highest BCUT2D eigenvalue weighted by Crippen LogP contribution is 2.44. The van der Waals surface area contributed by atoms with Gasteiger partial charge in [-0.3, -0.25) is 14.5 Å². The van der Waals surface area contributed by atoms with Crippen LogP contribution in [0.3, 0.4) is 0 Å². The van der Waals surface area contributed by atoms with Gasteiger partial charge in [0.2, 0.25) is 0 Å². The summed E-state index contributed by atoms with van der Waals surface area (Å²) >= 11 is 18.4. The fourth-order valence-electron chi connectivity index (χ4n) is 3.89. The number of ether oxygens (including phenoxy) is 1. The van der Waals surface area contributed by atoms with Crippen LogP contribution in [0.5, 0.6) is 5.75 Å². The molecule has 1 N–H and O–H groups in total. The summed E-state index contributed by atoms with van der Waals surface area (Å²) in [5, 5.41) is 12.0. The number of hydrogen-bond acceptors (Lipinski definition) is 4. The topological polar surface area (TPSA) is 66.8 Å². The van der Waals surface area contributed by atoms with Gasteiger partial charge in [-0.15, -0.1) is 0 Å². The van der Waals surface area contributed by atoms with Crippen LogP contribution in [0.2, 0.25) is 15.1 Å². The molecule has 1 heterocycles. The Labute approximate surface area is 205 Å². The molecule has 5 nitrogen and oxygen atoms in total. The minimum Gasteiger partial charge on any atom is -0.507 e. The van der Waals surface area contributed by atoms with Crippen molar-refractivity contribution in [1.82, 2.24) is 0 Å². The first-order chi connectivity index (χ1) is 15.7. The number of hydrogen-bond donors (Lipinski definition) is 1. The molecule has 8 heteroatoms. The van der Waals surface area contributed by atoms with Crippen molar-refractivity contribution in [1.29, 1.82) is 0 Å². The van der Waals surface area contributed by atoms with Crippen LogP contribution in [0, 0.1) is 6.92 Å². The molecule has 33 heavy (non-hydrogen) atoms. The van der Waals surface area contributed by atoms with Crippen molar-refractivity contribution in [2.75, 3.05) is 12.0 Å². The van der Waals surface area contributed by atoms with Crippen molar-refractivity contribution in [3.05, 3.63) is 98.0 Å². The number of methoxy groups -OCH3 is 1. The summed E-state index contributed by atoms with van der Waals surface area (Å²) in [5.41, 5.74) is 2.14. The van der Waals surface area contributed by atoms with Gasteiger partial charge in [0.05, 0.1) is 33.8 Å². The Balaban J connectivity index is 1.97. The number of ketones is 1. The maximum absolute atomic E-state index is 13.2. The number of aliphatic hydroxyl groups excluding tert-OH is 1. The third kappa shape index (κ3) is 4.08. The summed E-state index contributed by atoms with van der Waals surface area (Å²) in [5.74, 6) is -1.52. The molecule has 0 saturated carbocycles. The van der Waals surface area contributed by atoms with E-state index in [0.717, 1.165) is 5.56 Å². The summed E-state index contributed by atoms with van der Waals surface area (Å²) in [6, 6.07) is 15.8. The highest BCUT2D eigenvalue weighted by atomic mass is 35.5. The molecule has 0 aromatic heterocycles. The summed E-state index contributed by atoms with van der Waals surface area (Å²) in [6.45, 7) is 1.87. The minimum atomic E-state index is -0.884. The third-order valence-corrected chi connectivity index (χ3v) is 6.57. The predicted molar refractivity (Wildman–Crippen MR) is 130 cm³/mol. The number of benzene rings is 3. The second-order valence-corrected chi connectivity index (χ2v) is 8.70. The molecule has 1 saturated heterocycles. The van der Waals surface area contributed by atoms with E-state index in [1.165, 1.54) is 30.2 Å². The molecule has 1 aliphatic heterocycles. The molecule has 1 unspecified atom stereocenters. The number of amides is 1. The van der Waals surface area contributed by atoms with Gasteiger partial charge in [-0.25, -0.2) is 0 Å². The van der Waals surface area contributed by atoms with Gasteiger partial charge >= 0.3 is 0 Å². The van der Waals surface area contributed by atoms with Crippen LogP contribution >= 0.6 is 34.8 Å². The van der Waals surface area contributed by atoms with E-state index in [1.807, 2.05) is 31.2 Å². The van der Waals surface area contributed by atoms with Crippen LogP contribution in [0.4, 0.5) is 5.69 Å². The molecule has 3 aromatic carbocycles.